The quantitative estimate of drug-likeness (QED) is 0.705. The number of rotatable bonds is 1. The first kappa shape index (κ1) is 15.1. The molecule has 24 heavy (non-hydrogen) atoms. The molecule has 1 aromatic heterocycles. The van der Waals surface area contributed by atoms with Gasteiger partial charge in [0, 0.05) is 16.2 Å². The third-order valence-electron chi connectivity index (χ3n) is 3.97. The Hall–Kier alpha value is -2.41. The summed E-state index contributed by atoms with van der Waals surface area (Å²) in [6.07, 6.45) is -4.39. The molecule has 3 nitrogen and oxygen atoms in total. The van der Waals surface area contributed by atoms with Crippen molar-refractivity contribution < 1.29 is 13.2 Å². The molecule has 1 N–H and O–H groups in total. The number of fused-ring (bicyclic) bond motifs is 3. The minimum atomic E-state index is -4.39. The first-order valence-electron chi connectivity index (χ1n) is 7.19. The van der Waals surface area contributed by atoms with Crippen LogP contribution in [-0.2, 0) is 11.9 Å². The second-order valence-corrected chi connectivity index (χ2v) is 6.45. The Morgan fingerprint density at radius 1 is 1.04 bits per heavy atom. The summed E-state index contributed by atoms with van der Waals surface area (Å²) in [5, 5.41) is 3.04. The van der Waals surface area contributed by atoms with E-state index in [0.29, 0.717) is 17.0 Å². The third-order valence-corrected chi connectivity index (χ3v) is 5.07. The molecule has 0 aliphatic carbocycles. The summed E-state index contributed by atoms with van der Waals surface area (Å²) in [7, 11) is 0. The van der Waals surface area contributed by atoms with Crippen LogP contribution in [0.15, 0.2) is 58.2 Å². The molecule has 4 rings (SSSR count). The molecule has 2 heterocycles. The molecule has 0 amide bonds. The zero-order valence-corrected chi connectivity index (χ0v) is 13.0. The van der Waals surface area contributed by atoms with Crippen LogP contribution < -0.4 is 5.56 Å². The molecule has 0 atom stereocenters. The number of hydrogen-bond acceptors (Lipinski definition) is 2. The van der Waals surface area contributed by atoms with Crippen LogP contribution in [-0.4, -0.2) is 9.78 Å². The SMILES string of the molecule is O=c1c2c([nH]n1-c1ccc(C(F)(F)F)cc1)-c1ccccc1SC2. The van der Waals surface area contributed by atoms with Gasteiger partial charge in [0.15, 0.2) is 0 Å². The molecule has 0 saturated heterocycles. The lowest BCUT2D eigenvalue weighted by molar-refractivity contribution is -0.137. The highest BCUT2D eigenvalue weighted by molar-refractivity contribution is 7.98. The van der Waals surface area contributed by atoms with Crippen LogP contribution in [0.1, 0.15) is 11.1 Å². The standard InChI is InChI=1S/C17H11F3N2OS/c18-17(19,20)10-5-7-11(8-6-10)22-16(23)13-9-24-14-4-2-1-3-12(14)15(13)21-22/h1-8,21H,9H2. The molecule has 1 aliphatic heterocycles. The van der Waals surface area contributed by atoms with Crippen molar-refractivity contribution in [1.29, 1.82) is 0 Å². The van der Waals surface area contributed by atoms with Crippen molar-refractivity contribution in [3.63, 3.8) is 0 Å². The van der Waals surface area contributed by atoms with Gasteiger partial charge in [0.1, 0.15) is 0 Å². The lowest BCUT2D eigenvalue weighted by Gasteiger charge is -2.13. The van der Waals surface area contributed by atoms with Crippen LogP contribution in [0.25, 0.3) is 16.9 Å². The Balaban J connectivity index is 1.82. The van der Waals surface area contributed by atoms with Gasteiger partial charge < -0.3 is 0 Å². The van der Waals surface area contributed by atoms with Gasteiger partial charge in [-0.25, -0.2) is 4.68 Å². The zero-order chi connectivity index (χ0) is 16.9. The number of H-pyrrole nitrogens is 1. The average molecular weight is 348 g/mol. The van der Waals surface area contributed by atoms with E-state index >= 15 is 0 Å². The fraction of sp³-hybridized carbons (Fsp3) is 0.118. The van der Waals surface area contributed by atoms with Gasteiger partial charge >= 0.3 is 6.18 Å². The number of hydrogen-bond donors (Lipinski definition) is 1. The average Bonchev–Trinajstić information content (AvgIpc) is 2.92. The molecule has 1 aliphatic rings. The van der Waals surface area contributed by atoms with Crippen molar-refractivity contribution in [2.45, 2.75) is 16.8 Å². The van der Waals surface area contributed by atoms with E-state index in [9.17, 15) is 18.0 Å². The Bertz CT molecular complexity index is 971. The van der Waals surface area contributed by atoms with E-state index in [-0.39, 0.29) is 5.56 Å². The molecule has 122 valence electrons. The first-order valence-corrected chi connectivity index (χ1v) is 8.17. The van der Waals surface area contributed by atoms with E-state index in [4.69, 9.17) is 0 Å². The first-order chi connectivity index (χ1) is 11.4. The summed E-state index contributed by atoms with van der Waals surface area (Å²) in [6, 6.07) is 12.3. The minimum Gasteiger partial charge on any atom is -0.290 e. The number of benzene rings is 2. The molecule has 0 radical (unpaired) electrons. The molecule has 0 fully saturated rings. The highest BCUT2D eigenvalue weighted by Crippen LogP contribution is 2.39. The zero-order valence-electron chi connectivity index (χ0n) is 12.2. The van der Waals surface area contributed by atoms with Crippen molar-refractivity contribution in [3.8, 4) is 16.9 Å². The molecule has 0 saturated carbocycles. The lowest BCUT2D eigenvalue weighted by Crippen LogP contribution is -2.17. The Kier molecular flexibility index (Phi) is 3.35. The molecule has 0 bridgehead atoms. The molecular weight excluding hydrogens is 337 g/mol. The maximum atomic E-state index is 12.7. The smallest absolute Gasteiger partial charge is 0.290 e. The number of thioether (sulfide) groups is 1. The lowest BCUT2D eigenvalue weighted by atomic mass is 10.1. The summed E-state index contributed by atoms with van der Waals surface area (Å²) in [4.78, 5) is 13.7. The molecule has 2 aromatic carbocycles. The summed E-state index contributed by atoms with van der Waals surface area (Å²) >= 11 is 1.58. The van der Waals surface area contributed by atoms with E-state index < -0.39 is 11.7 Å². The van der Waals surface area contributed by atoms with E-state index in [1.807, 2.05) is 24.3 Å². The number of nitrogens with zero attached hydrogens (tertiary/aromatic N) is 1. The summed E-state index contributed by atoms with van der Waals surface area (Å²) < 4.78 is 39.3. The minimum absolute atomic E-state index is 0.230. The largest absolute Gasteiger partial charge is 0.416 e. The number of aromatic amines is 1. The normalized spacial score (nSPS) is 13.5. The van der Waals surface area contributed by atoms with Crippen molar-refractivity contribution in [1.82, 2.24) is 9.78 Å². The van der Waals surface area contributed by atoms with Crippen LogP contribution in [0.3, 0.4) is 0 Å². The summed E-state index contributed by atoms with van der Waals surface area (Å²) in [5.74, 6) is 0.537. The predicted molar refractivity (Wildman–Crippen MR) is 86.4 cm³/mol. The van der Waals surface area contributed by atoms with Gasteiger partial charge in [-0.3, -0.25) is 9.89 Å². The van der Waals surface area contributed by atoms with Crippen LogP contribution in [0.4, 0.5) is 13.2 Å². The third kappa shape index (κ3) is 2.36. The van der Waals surface area contributed by atoms with Gasteiger partial charge in [-0.1, -0.05) is 18.2 Å². The molecule has 3 aromatic rings. The van der Waals surface area contributed by atoms with Gasteiger partial charge in [0.25, 0.3) is 5.56 Å². The monoisotopic (exact) mass is 348 g/mol. The van der Waals surface area contributed by atoms with Crippen LogP contribution in [0.2, 0.25) is 0 Å². The number of halogens is 3. The van der Waals surface area contributed by atoms with Gasteiger partial charge in [-0.05, 0) is 30.3 Å². The number of alkyl halides is 3. The Morgan fingerprint density at radius 2 is 1.75 bits per heavy atom. The molecule has 0 unspecified atom stereocenters. The van der Waals surface area contributed by atoms with Crippen molar-refractivity contribution in [2.24, 2.45) is 0 Å². The second kappa shape index (κ2) is 5.31. The van der Waals surface area contributed by atoms with E-state index in [1.165, 1.54) is 16.8 Å². The molecule has 7 heteroatoms. The summed E-state index contributed by atoms with van der Waals surface area (Å²) in [5.41, 5.74) is 1.72. The van der Waals surface area contributed by atoms with E-state index in [1.54, 1.807) is 11.8 Å². The van der Waals surface area contributed by atoms with Crippen molar-refractivity contribution >= 4 is 11.8 Å². The van der Waals surface area contributed by atoms with E-state index in [2.05, 4.69) is 5.10 Å². The Morgan fingerprint density at radius 3 is 2.46 bits per heavy atom. The van der Waals surface area contributed by atoms with Gasteiger partial charge in [-0.2, -0.15) is 13.2 Å². The number of aromatic nitrogens is 2. The van der Waals surface area contributed by atoms with E-state index in [0.717, 1.165) is 28.3 Å². The fourth-order valence-electron chi connectivity index (χ4n) is 2.76. The summed E-state index contributed by atoms with van der Waals surface area (Å²) in [6.45, 7) is 0. The van der Waals surface area contributed by atoms with Crippen LogP contribution >= 0.6 is 11.8 Å². The highest BCUT2D eigenvalue weighted by atomic mass is 32.2. The topological polar surface area (TPSA) is 37.8 Å². The number of nitrogens with one attached hydrogen (secondary N) is 1. The van der Waals surface area contributed by atoms with Gasteiger partial charge in [-0.15, -0.1) is 11.8 Å². The van der Waals surface area contributed by atoms with Crippen molar-refractivity contribution in [3.05, 3.63) is 70.0 Å². The fourth-order valence-corrected chi connectivity index (χ4v) is 3.83. The predicted octanol–water partition coefficient (Wildman–Crippen LogP) is 4.46. The molecule has 0 spiro atoms. The maximum Gasteiger partial charge on any atom is 0.416 e. The van der Waals surface area contributed by atoms with Gasteiger partial charge in [0.05, 0.1) is 22.5 Å². The van der Waals surface area contributed by atoms with Crippen LogP contribution in [0.5, 0.6) is 0 Å². The molecular formula is C17H11F3N2OS. The highest BCUT2D eigenvalue weighted by Gasteiger charge is 2.30. The van der Waals surface area contributed by atoms with Gasteiger partial charge in [0.2, 0.25) is 0 Å². The van der Waals surface area contributed by atoms with Crippen molar-refractivity contribution in [2.75, 3.05) is 0 Å². The Labute approximate surface area is 139 Å². The second-order valence-electron chi connectivity index (χ2n) is 5.44. The van der Waals surface area contributed by atoms with Crippen LogP contribution in [0, 0.1) is 0 Å². The maximum absolute atomic E-state index is 12.7.